The maximum atomic E-state index is 14.2. The molecular formula is C29H23ClF6N6O. The zero-order chi connectivity index (χ0) is 30.7. The standard InChI is InChI=1S/C29H23ClF6N6O/c1-41-14-38-40-26(41)19-6-5-17(28(31,32)33)11-20(19)16-9-24(30)39-25(10-16)42-13-22-21(27(42)43)7-15(8-23(22)29(34,35)36)12-37-18-3-2-4-18/h5-11,14,18,37H,2-4,12-13H2,1H3. The molecule has 1 amide bonds. The first-order chi connectivity index (χ1) is 20.3. The molecule has 7 nitrogen and oxygen atoms in total. The van der Waals surface area contributed by atoms with E-state index in [0.29, 0.717) is 11.1 Å². The number of aromatic nitrogens is 4. The fourth-order valence-electron chi connectivity index (χ4n) is 5.34. The summed E-state index contributed by atoms with van der Waals surface area (Å²) in [7, 11) is 1.62. The molecule has 0 atom stereocenters. The van der Waals surface area contributed by atoms with Gasteiger partial charge in [0.05, 0.1) is 17.7 Å². The van der Waals surface area contributed by atoms with Gasteiger partial charge in [0.2, 0.25) is 0 Å². The molecule has 14 heteroatoms. The van der Waals surface area contributed by atoms with E-state index in [1.54, 1.807) is 7.05 Å². The predicted octanol–water partition coefficient (Wildman–Crippen LogP) is 7.04. The van der Waals surface area contributed by atoms with Gasteiger partial charge in [0, 0.05) is 30.8 Å². The molecule has 6 rings (SSSR count). The molecule has 43 heavy (non-hydrogen) atoms. The molecule has 0 radical (unpaired) electrons. The molecule has 2 aromatic heterocycles. The maximum Gasteiger partial charge on any atom is 0.416 e. The Morgan fingerprint density at radius 3 is 2.37 bits per heavy atom. The average molecular weight is 621 g/mol. The van der Waals surface area contributed by atoms with Crippen molar-refractivity contribution in [3.63, 3.8) is 0 Å². The van der Waals surface area contributed by atoms with Crippen molar-refractivity contribution >= 4 is 23.3 Å². The van der Waals surface area contributed by atoms with Crippen LogP contribution < -0.4 is 10.2 Å². The van der Waals surface area contributed by atoms with Gasteiger partial charge >= 0.3 is 12.4 Å². The van der Waals surface area contributed by atoms with Gasteiger partial charge in [0.15, 0.2) is 5.82 Å². The average Bonchev–Trinajstić information content (AvgIpc) is 3.48. The molecule has 1 aliphatic heterocycles. The molecule has 1 N–H and O–H groups in total. The Labute approximate surface area is 246 Å². The van der Waals surface area contributed by atoms with Gasteiger partial charge in [-0.1, -0.05) is 18.0 Å². The Morgan fingerprint density at radius 2 is 1.74 bits per heavy atom. The maximum absolute atomic E-state index is 14.2. The number of hydrogen-bond acceptors (Lipinski definition) is 5. The molecule has 224 valence electrons. The summed E-state index contributed by atoms with van der Waals surface area (Å²) in [6.45, 7) is -0.265. The van der Waals surface area contributed by atoms with Crippen LogP contribution in [0.1, 0.15) is 51.9 Å². The first-order valence-corrected chi connectivity index (χ1v) is 13.7. The highest BCUT2D eigenvalue weighted by Gasteiger charge is 2.41. The SMILES string of the molecule is Cn1cnnc1-c1ccc(C(F)(F)F)cc1-c1cc(Cl)nc(N2Cc3c(cc(CNC4CCC4)cc3C(F)(F)F)C2=O)c1. The second-order valence-corrected chi connectivity index (χ2v) is 11.0. The van der Waals surface area contributed by atoms with Crippen molar-refractivity contribution in [2.45, 2.75) is 50.7 Å². The zero-order valence-electron chi connectivity index (χ0n) is 22.5. The third kappa shape index (κ3) is 5.58. The highest BCUT2D eigenvalue weighted by atomic mass is 35.5. The minimum atomic E-state index is -4.72. The molecule has 0 bridgehead atoms. The molecule has 2 aliphatic rings. The van der Waals surface area contributed by atoms with E-state index in [2.05, 4.69) is 20.5 Å². The highest BCUT2D eigenvalue weighted by molar-refractivity contribution is 6.30. The molecule has 4 aromatic rings. The van der Waals surface area contributed by atoms with E-state index in [1.165, 1.54) is 35.2 Å². The van der Waals surface area contributed by atoms with Crippen molar-refractivity contribution in [2.24, 2.45) is 7.05 Å². The first-order valence-electron chi connectivity index (χ1n) is 13.3. The van der Waals surface area contributed by atoms with E-state index in [9.17, 15) is 31.1 Å². The molecule has 3 heterocycles. The zero-order valence-corrected chi connectivity index (χ0v) is 23.3. The van der Waals surface area contributed by atoms with E-state index < -0.39 is 35.9 Å². The first kappa shape index (κ1) is 29.1. The quantitative estimate of drug-likeness (QED) is 0.185. The topological polar surface area (TPSA) is 75.9 Å². The number of carbonyl (C=O) groups excluding carboxylic acids is 1. The number of rotatable bonds is 6. The van der Waals surface area contributed by atoms with E-state index in [-0.39, 0.29) is 51.6 Å². The van der Waals surface area contributed by atoms with Gasteiger partial charge in [0.25, 0.3) is 5.91 Å². The number of benzene rings is 2. The molecule has 1 saturated carbocycles. The summed E-state index contributed by atoms with van der Waals surface area (Å²) in [5, 5.41) is 10.9. The van der Waals surface area contributed by atoms with Gasteiger partial charge in [0.1, 0.15) is 17.3 Å². The second-order valence-electron chi connectivity index (χ2n) is 10.6. The third-order valence-electron chi connectivity index (χ3n) is 7.77. The minimum Gasteiger partial charge on any atom is -0.317 e. The lowest BCUT2D eigenvalue weighted by molar-refractivity contribution is -0.138. The predicted molar refractivity (Wildman–Crippen MR) is 146 cm³/mol. The van der Waals surface area contributed by atoms with Crippen molar-refractivity contribution in [1.29, 1.82) is 0 Å². The van der Waals surface area contributed by atoms with E-state index in [1.807, 2.05) is 0 Å². The number of aryl methyl sites for hydroxylation is 1. The number of nitrogens with zero attached hydrogens (tertiary/aromatic N) is 5. The van der Waals surface area contributed by atoms with Crippen LogP contribution in [0.5, 0.6) is 0 Å². The van der Waals surface area contributed by atoms with Crippen molar-refractivity contribution in [2.75, 3.05) is 4.90 Å². The summed E-state index contributed by atoms with van der Waals surface area (Å²) in [6, 6.07) is 8.46. The van der Waals surface area contributed by atoms with E-state index >= 15 is 0 Å². The number of alkyl halides is 6. The van der Waals surface area contributed by atoms with Crippen LogP contribution in [0.15, 0.2) is 48.8 Å². The number of halogens is 7. The number of pyridine rings is 1. The third-order valence-corrected chi connectivity index (χ3v) is 7.97. The van der Waals surface area contributed by atoms with Gasteiger partial charge in [-0.15, -0.1) is 10.2 Å². The van der Waals surface area contributed by atoms with Crippen LogP contribution in [0, 0.1) is 0 Å². The molecule has 0 spiro atoms. The number of nitrogens with one attached hydrogen (secondary N) is 1. The van der Waals surface area contributed by atoms with Crippen molar-refractivity contribution in [1.82, 2.24) is 25.1 Å². The Hall–Kier alpha value is -3.97. The molecule has 1 fully saturated rings. The van der Waals surface area contributed by atoms with Crippen molar-refractivity contribution in [3.8, 4) is 22.5 Å². The van der Waals surface area contributed by atoms with Crippen molar-refractivity contribution in [3.05, 3.63) is 81.8 Å². The molecular weight excluding hydrogens is 598 g/mol. The fraction of sp³-hybridized carbons (Fsp3) is 0.310. The summed E-state index contributed by atoms with van der Waals surface area (Å²) >= 11 is 6.30. The van der Waals surface area contributed by atoms with Gasteiger partial charge in [-0.3, -0.25) is 9.69 Å². The van der Waals surface area contributed by atoms with Gasteiger partial charge in [-0.05, 0) is 77.6 Å². The van der Waals surface area contributed by atoms with Crippen LogP contribution in [0.4, 0.5) is 32.2 Å². The Kier molecular flexibility index (Phi) is 7.20. The Morgan fingerprint density at radius 1 is 0.977 bits per heavy atom. The molecule has 0 saturated heterocycles. The van der Waals surface area contributed by atoms with Crippen LogP contribution in [0.3, 0.4) is 0 Å². The van der Waals surface area contributed by atoms with E-state index in [4.69, 9.17) is 11.6 Å². The number of anilines is 1. The summed E-state index contributed by atoms with van der Waals surface area (Å²) in [5.74, 6) is -0.558. The molecule has 1 aliphatic carbocycles. The number of hydrogen-bond donors (Lipinski definition) is 1. The summed E-state index contributed by atoms with van der Waals surface area (Å²) < 4.78 is 85.1. The van der Waals surface area contributed by atoms with Gasteiger partial charge < -0.3 is 9.88 Å². The minimum absolute atomic E-state index is 0.0703. The number of carbonyl (C=O) groups is 1. The molecule has 0 unspecified atom stereocenters. The van der Waals surface area contributed by atoms with Crippen LogP contribution in [0.2, 0.25) is 5.15 Å². The largest absolute Gasteiger partial charge is 0.416 e. The van der Waals surface area contributed by atoms with Gasteiger partial charge in [-0.2, -0.15) is 26.3 Å². The van der Waals surface area contributed by atoms with Crippen LogP contribution in [0.25, 0.3) is 22.5 Å². The van der Waals surface area contributed by atoms with Gasteiger partial charge in [-0.25, -0.2) is 4.98 Å². The van der Waals surface area contributed by atoms with Crippen LogP contribution >= 0.6 is 11.6 Å². The lowest BCUT2D eigenvalue weighted by Gasteiger charge is -2.26. The lowest BCUT2D eigenvalue weighted by Crippen LogP contribution is -2.34. The Balaban J connectivity index is 1.42. The lowest BCUT2D eigenvalue weighted by atomic mass is 9.92. The smallest absolute Gasteiger partial charge is 0.317 e. The Bertz CT molecular complexity index is 1730. The normalized spacial score (nSPS) is 15.6. The number of amides is 1. The van der Waals surface area contributed by atoms with E-state index in [0.717, 1.165) is 42.4 Å². The van der Waals surface area contributed by atoms with Crippen LogP contribution in [-0.4, -0.2) is 31.7 Å². The van der Waals surface area contributed by atoms with Crippen molar-refractivity contribution < 1.29 is 31.1 Å². The summed E-state index contributed by atoms with van der Waals surface area (Å²) in [4.78, 5) is 18.8. The fourth-order valence-corrected chi connectivity index (χ4v) is 5.55. The second kappa shape index (κ2) is 10.6. The monoisotopic (exact) mass is 620 g/mol. The molecule has 2 aromatic carbocycles. The summed E-state index contributed by atoms with van der Waals surface area (Å²) in [6.07, 6.45) is -5.07. The van der Waals surface area contributed by atoms with Crippen LogP contribution in [-0.2, 0) is 32.5 Å². The number of fused-ring (bicyclic) bond motifs is 1. The summed E-state index contributed by atoms with van der Waals surface area (Å²) in [5.41, 5.74) is -1.33. The highest BCUT2D eigenvalue weighted by Crippen LogP contribution is 2.42.